The zero-order valence-corrected chi connectivity index (χ0v) is 58.6. The van der Waals surface area contributed by atoms with Crippen LogP contribution in [0.1, 0.15) is 124 Å². The van der Waals surface area contributed by atoms with E-state index in [1.165, 1.54) is 29.2 Å². The Morgan fingerprint density at radius 3 is 1.70 bits per heavy atom. The molecule has 0 aliphatic carbocycles. The normalized spacial score (nSPS) is 17.1. The third kappa shape index (κ3) is 29.6. The zero-order valence-electron chi connectivity index (χ0n) is 57.8. The van der Waals surface area contributed by atoms with Gasteiger partial charge in [-0.1, -0.05) is 48.0 Å². The number of H-pyrrole nitrogens is 1. The molecular formula is C61H104N22O16S. The first-order valence-electron chi connectivity index (χ1n) is 33.3. The monoisotopic (exact) mass is 1430 g/mol. The Hall–Kier alpha value is -9.40. The Kier molecular flexibility index (Phi) is 37.2. The molecule has 13 amide bonds. The van der Waals surface area contributed by atoms with E-state index in [9.17, 15) is 77.3 Å². The SMILES string of the molecule is CC[C@H](C)[C@H](NC(=O)[C@H](CO)NC(=O)[C@@H]1CCCN1)C(=O)N[C@H](C(=O)NCC(=O)N[C@@H](CCCN=C(N)N)C(=O)N1CCC[C@H]1C(=O)N[C@@H](CCCN=C(N)N)C(=O)N[C@@H](Cc1cnc[nH]1)C(=O)N[C@@H](CCC(N)=O)C(=O)NCC(=O)N[C@H](C(=O)N[C@@H](CCSC)C(=O)O)C(C)C)C(C)C. The number of nitrogens with zero attached hydrogens (tertiary/aromatic N) is 4. The van der Waals surface area contributed by atoms with Crippen LogP contribution in [-0.4, -0.2) is 244 Å². The number of carboxylic acid groups (broad SMARTS) is 1. The molecule has 2 fully saturated rings. The fourth-order valence-electron chi connectivity index (χ4n) is 10.7. The number of carbonyl (C=O) groups excluding carboxylic acids is 13. The number of nitrogens with one attached hydrogen (secondary N) is 13. The summed E-state index contributed by atoms with van der Waals surface area (Å²) in [6, 6.07) is -14.1. The van der Waals surface area contributed by atoms with Crippen LogP contribution in [0.15, 0.2) is 22.5 Å². The number of amides is 13. The van der Waals surface area contributed by atoms with E-state index in [1.54, 1.807) is 47.8 Å². The third-order valence-electron chi connectivity index (χ3n) is 16.5. The molecule has 2 saturated heterocycles. The number of hydrogen-bond acceptors (Lipinski definition) is 20. The second-order valence-corrected chi connectivity index (χ2v) is 26.1. The van der Waals surface area contributed by atoms with Gasteiger partial charge in [-0.25, -0.2) is 9.78 Å². The van der Waals surface area contributed by atoms with Crippen LogP contribution < -0.4 is 92.5 Å². The number of aliphatic hydroxyl groups excluding tert-OH is 1. The van der Waals surface area contributed by atoms with Gasteiger partial charge in [0.25, 0.3) is 0 Å². The highest BCUT2D eigenvalue weighted by atomic mass is 32.2. The highest BCUT2D eigenvalue weighted by molar-refractivity contribution is 7.98. The molecule has 2 aliphatic heterocycles. The molecule has 3 heterocycles. The average molecular weight is 1430 g/mol. The standard InChI is InChI=1S/C61H104N22O16S/c1-8-33(6)48(82-53(92)41(29-84)79-50(89)35-13-9-20-68-35)57(96)81-46(31(2)3)55(94)72-27-44(86)74-38(15-11-22-70-61(65)66)58(97)83-23-12-16-42(83)54(93)76-36(14-10-21-69-60(63)64)51(90)78-40(25-34-26-67-30-73-34)52(91)75-37(17-18-43(62)85)49(88)71-28-45(87)80-47(32(4)5)56(95)77-39(59(98)99)19-24-100-7/h26,30-33,35-42,46-48,68,84H,8-25,27-29H2,1-7H3,(H2,62,85)(H,67,73)(H,71,88)(H,72,94)(H,74,86)(H,75,91)(H,76,93)(H,77,95)(H,78,90)(H,79,89)(H,80,87)(H,81,96)(H,82,92)(H,98,99)(H4,63,64,69)(H4,65,66,70)/t33-,35-,36-,37-,38-,39-,40-,41-,42-,46-,47-,48-/m0/s1. The molecule has 0 aromatic carbocycles. The predicted octanol–water partition coefficient (Wildman–Crippen LogP) is -7.15. The fourth-order valence-corrected chi connectivity index (χ4v) is 11.1. The van der Waals surface area contributed by atoms with Gasteiger partial charge >= 0.3 is 5.97 Å². The van der Waals surface area contributed by atoms with E-state index >= 15 is 0 Å². The van der Waals surface area contributed by atoms with E-state index in [4.69, 9.17) is 28.7 Å². The lowest BCUT2D eigenvalue weighted by atomic mass is 9.96. The lowest BCUT2D eigenvalue weighted by molar-refractivity contribution is -0.142. The third-order valence-corrected chi connectivity index (χ3v) is 17.1. The number of guanidine groups is 2. The topological polar surface area (TPSA) is 611 Å². The van der Waals surface area contributed by atoms with Crippen LogP contribution in [0.4, 0.5) is 0 Å². The Bertz CT molecular complexity index is 3000. The molecule has 38 nitrogen and oxygen atoms in total. The van der Waals surface area contributed by atoms with E-state index in [2.05, 4.69) is 83.8 Å². The quantitative estimate of drug-likeness (QED) is 0.0164. The summed E-state index contributed by atoms with van der Waals surface area (Å²) < 4.78 is 0. The summed E-state index contributed by atoms with van der Waals surface area (Å²) in [5.74, 6) is -13.8. The Balaban J connectivity index is 1.85. The number of aromatic nitrogens is 2. The van der Waals surface area contributed by atoms with Crippen molar-refractivity contribution in [3.05, 3.63) is 18.2 Å². The molecular weight excluding hydrogens is 1330 g/mol. The maximum absolute atomic E-state index is 14.7. The molecule has 1 aromatic rings. The van der Waals surface area contributed by atoms with Crippen molar-refractivity contribution in [3.8, 4) is 0 Å². The molecule has 560 valence electrons. The Morgan fingerprint density at radius 1 is 0.610 bits per heavy atom. The average Bonchev–Trinajstić information content (AvgIpc) is 1.60. The number of hydrogen-bond donors (Lipinski definition) is 20. The Morgan fingerprint density at radius 2 is 1.15 bits per heavy atom. The van der Waals surface area contributed by atoms with Crippen molar-refractivity contribution in [1.82, 2.24) is 78.7 Å². The first kappa shape index (κ1) is 84.8. The summed E-state index contributed by atoms with van der Waals surface area (Å²) in [5.41, 5.74) is 28.0. The molecule has 25 N–H and O–H groups in total. The number of carboxylic acids is 1. The van der Waals surface area contributed by atoms with E-state index < -0.39 is 200 Å². The summed E-state index contributed by atoms with van der Waals surface area (Å²) in [6.07, 6.45) is 5.35. The smallest absolute Gasteiger partial charge is 0.326 e. The Labute approximate surface area is 584 Å². The van der Waals surface area contributed by atoms with Crippen LogP contribution in [0.5, 0.6) is 0 Å². The molecule has 39 heteroatoms. The van der Waals surface area contributed by atoms with E-state index in [0.29, 0.717) is 30.8 Å². The van der Waals surface area contributed by atoms with Gasteiger partial charge < -0.3 is 113 Å². The lowest BCUT2D eigenvalue weighted by Crippen LogP contribution is -2.61. The van der Waals surface area contributed by atoms with Crippen LogP contribution >= 0.6 is 11.8 Å². The number of nitrogens with two attached hydrogens (primary N) is 5. The molecule has 3 rings (SSSR count). The highest BCUT2D eigenvalue weighted by Gasteiger charge is 2.41. The molecule has 0 spiro atoms. The van der Waals surface area contributed by atoms with Gasteiger partial charge in [-0.3, -0.25) is 72.3 Å². The largest absolute Gasteiger partial charge is 0.480 e. The van der Waals surface area contributed by atoms with Crippen molar-refractivity contribution < 1.29 is 77.3 Å². The number of likely N-dealkylation sites (tertiary alicyclic amines) is 1. The molecule has 12 atom stereocenters. The van der Waals surface area contributed by atoms with Gasteiger partial charge in [0, 0.05) is 44.4 Å². The second-order valence-electron chi connectivity index (χ2n) is 25.1. The second kappa shape index (κ2) is 43.9. The number of primary amides is 1. The number of aliphatic imine (C=N–C) groups is 2. The minimum Gasteiger partial charge on any atom is -0.480 e. The van der Waals surface area contributed by atoms with Crippen molar-refractivity contribution in [2.75, 3.05) is 57.9 Å². The van der Waals surface area contributed by atoms with Gasteiger partial charge in [0.1, 0.15) is 60.4 Å². The minimum absolute atomic E-state index is 0.00118. The van der Waals surface area contributed by atoms with E-state index in [1.807, 2.05) is 0 Å². The van der Waals surface area contributed by atoms with Crippen LogP contribution in [-0.2, 0) is 73.5 Å². The van der Waals surface area contributed by atoms with Crippen molar-refractivity contribution in [1.29, 1.82) is 0 Å². The van der Waals surface area contributed by atoms with E-state index in [0.717, 1.165) is 6.42 Å². The van der Waals surface area contributed by atoms with E-state index in [-0.39, 0.29) is 82.9 Å². The number of aromatic amines is 1. The van der Waals surface area contributed by atoms with Crippen molar-refractivity contribution in [2.24, 2.45) is 56.4 Å². The van der Waals surface area contributed by atoms with Gasteiger partial charge in [-0.05, 0) is 101 Å². The predicted molar refractivity (Wildman–Crippen MR) is 367 cm³/mol. The maximum Gasteiger partial charge on any atom is 0.326 e. The maximum atomic E-state index is 14.7. The number of imidazole rings is 1. The van der Waals surface area contributed by atoms with Crippen LogP contribution in [0, 0.1) is 17.8 Å². The summed E-state index contributed by atoms with van der Waals surface area (Å²) >= 11 is 1.37. The van der Waals surface area contributed by atoms with Gasteiger partial charge in [-0.15, -0.1) is 0 Å². The van der Waals surface area contributed by atoms with Gasteiger partial charge in [0.15, 0.2) is 11.9 Å². The van der Waals surface area contributed by atoms with Crippen molar-refractivity contribution >= 4 is 106 Å². The summed E-state index contributed by atoms with van der Waals surface area (Å²) in [4.78, 5) is 206. The van der Waals surface area contributed by atoms with Crippen molar-refractivity contribution in [2.45, 2.75) is 191 Å². The number of rotatable bonds is 45. The first-order valence-corrected chi connectivity index (χ1v) is 34.7. The molecule has 100 heavy (non-hydrogen) atoms. The summed E-state index contributed by atoms with van der Waals surface area (Å²) in [5, 5.41) is 50.7. The summed E-state index contributed by atoms with van der Waals surface area (Å²) in [7, 11) is 0. The van der Waals surface area contributed by atoms with Gasteiger partial charge in [-0.2, -0.15) is 11.8 Å². The molecule has 0 unspecified atom stereocenters. The molecule has 0 saturated carbocycles. The number of thioether (sulfide) groups is 1. The molecule has 0 radical (unpaired) electrons. The first-order chi connectivity index (χ1) is 47.3. The number of aliphatic hydroxyl groups is 1. The van der Waals surface area contributed by atoms with Crippen LogP contribution in [0.3, 0.4) is 0 Å². The van der Waals surface area contributed by atoms with Crippen molar-refractivity contribution in [3.63, 3.8) is 0 Å². The minimum atomic E-state index is -1.57. The van der Waals surface area contributed by atoms with Crippen LogP contribution in [0.25, 0.3) is 0 Å². The summed E-state index contributed by atoms with van der Waals surface area (Å²) in [6.45, 7) is 8.29. The van der Waals surface area contributed by atoms with Gasteiger partial charge in [0.2, 0.25) is 76.8 Å². The lowest BCUT2D eigenvalue weighted by Gasteiger charge is -2.30. The molecule has 2 aliphatic rings. The molecule has 0 bridgehead atoms. The highest BCUT2D eigenvalue weighted by Crippen LogP contribution is 2.21. The molecule has 1 aromatic heterocycles. The van der Waals surface area contributed by atoms with Gasteiger partial charge in [0.05, 0.1) is 32.1 Å². The number of carbonyl (C=O) groups is 14. The zero-order chi connectivity index (χ0) is 74.8. The fraction of sp³-hybridized carbons (Fsp3) is 0.689. The van der Waals surface area contributed by atoms with Crippen LogP contribution in [0.2, 0.25) is 0 Å². The number of aliphatic carboxylic acids is 1.